The second kappa shape index (κ2) is 6.44. The first kappa shape index (κ1) is 18.5. The first-order valence-electron chi connectivity index (χ1n) is 7.62. The molecule has 2 aliphatic rings. The molecular weight excluding hydrogens is 359 g/mol. The smallest absolute Gasteiger partial charge is 0.384 e. The minimum atomic E-state index is -4.83. The summed E-state index contributed by atoms with van der Waals surface area (Å²) in [5.74, 6) is 0. The van der Waals surface area contributed by atoms with E-state index in [0.717, 1.165) is 0 Å². The van der Waals surface area contributed by atoms with E-state index in [2.05, 4.69) is 4.98 Å². The zero-order valence-corrected chi connectivity index (χ0v) is 14.2. The third-order valence-corrected chi connectivity index (χ3v) is 5.66. The molecule has 0 aromatic carbocycles. The molecule has 4 atom stereocenters. The lowest BCUT2D eigenvalue weighted by molar-refractivity contribution is -0.279. The average molecular weight is 378 g/mol. The lowest BCUT2D eigenvalue weighted by Crippen LogP contribution is -2.50. The van der Waals surface area contributed by atoms with Crippen molar-refractivity contribution in [1.29, 1.82) is 0 Å². The third-order valence-electron chi connectivity index (χ3n) is 4.32. The third kappa shape index (κ3) is 3.24. The first-order chi connectivity index (χ1) is 11.7. The monoisotopic (exact) mass is 378 g/mol. The number of hydrogen-bond donors (Lipinski definition) is 4. The van der Waals surface area contributed by atoms with E-state index in [1.165, 1.54) is 17.7 Å². The number of fused-ring (bicyclic) bond motifs is 1. The maximum Gasteiger partial charge on any atom is 0.384 e. The molecule has 4 N–H and O–H groups in total. The molecule has 0 radical (unpaired) electrons. The van der Waals surface area contributed by atoms with Crippen molar-refractivity contribution >= 4 is 7.60 Å². The van der Waals surface area contributed by atoms with Crippen LogP contribution >= 0.6 is 7.60 Å². The molecule has 0 aliphatic carbocycles. The highest BCUT2D eigenvalue weighted by atomic mass is 31.2. The van der Waals surface area contributed by atoms with E-state index in [4.69, 9.17) is 19.3 Å². The van der Waals surface area contributed by atoms with Gasteiger partial charge in [-0.15, -0.1) is 0 Å². The van der Waals surface area contributed by atoms with Crippen LogP contribution in [0.5, 0.6) is 0 Å². The van der Waals surface area contributed by atoms with E-state index in [1.54, 1.807) is 0 Å². The second-order valence-electron chi connectivity index (χ2n) is 6.04. The maximum absolute atomic E-state index is 12.0. The highest BCUT2D eigenvalue weighted by Gasteiger charge is 2.57. The van der Waals surface area contributed by atoms with Crippen molar-refractivity contribution in [3.63, 3.8) is 0 Å². The fourth-order valence-corrected chi connectivity index (χ4v) is 3.91. The van der Waals surface area contributed by atoms with Gasteiger partial charge in [-0.05, 0) is 6.92 Å². The molecule has 2 saturated heterocycles. The molecule has 0 spiro atoms. The lowest BCUT2D eigenvalue weighted by Gasteiger charge is -2.41. The molecule has 140 valence electrons. The summed E-state index contributed by atoms with van der Waals surface area (Å²) in [5.41, 5.74) is -3.07. The van der Waals surface area contributed by atoms with Crippen LogP contribution in [0.3, 0.4) is 0 Å². The number of rotatable bonds is 4. The molecule has 0 unspecified atom stereocenters. The predicted molar refractivity (Wildman–Crippen MR) is 81.9 cm³/mol. The SMILES string of the molecule is Cc1cn([C@H]2C[C@H]3O[C@@](CCO)(P(=O)(O)O)OC[C@H]3O2)c(=O)[nH]c1=O. The van der Waals surface area contributed by atoms with E-state index in [9.17, 15) is 23.9 Å². The van der Waals surface area contributed by atoms with E-state index >= 15 is 0 Å². The Bertz CT molecular complexity index is 814. The predicted octanol–water partition coefficient (Wildman–Crippen LogP) is -1.24. The molecule has 1 aromatic rings. The Hall–Kier alpha value is -1.33. The van der Waals surface area contributed by atoms with E-state index < -0.39 is 55.8 Å². The Labute approximate surface area is 141 Å². The highest BCUT2D eigenvalue weighted by Crippen LogP contribution is 2.57. The normalized spacial score (nSPS) is 32.6. The van der Waals surface area contributed by atoms with E-state index in [1.807, 2.05) is 0 Å². The second-order valence-corrected chi connectivity index (χ2v) is 7.81. The zero-order chi connectivity index (χ0) is 18.4. The molecule has 12 heteroatoms. The summed E-state index contributed by atoms with van der Waals surface area (Å²) in [6, 6.07) is 0. The van der Waals surface area contributed by atoms with Crippen LogP contribution in [0.1, 0.15) is 24.6 Å². The summed E-state index contributed by atoms with van der Waals surface area (Å²) < 4.78 is 29.4. The Morgan fingerprint density at radius 1 is 1.40 bits per heavy atom. The topological polar surface area (TPSA) is 160 Å². The van der Waals surface area contributed by atoms with Crippen LogP contribution in [-0.4, -0.2) is 55.4 Å². The number of aromatic amines is 1. The summed E-state index contributed by atoms with van der Waals surface area (Å²) in [4.78, 5) is 44.7. The summed E-state index contributed by atoms with van der Waals surface area (Å²) in [6.45, 7) is 0.838. The Morgan fingerprint density at radius 3 is 2.76 bits per heavy atom. The van der Waals surface area contributed by atoms with Crippen LogP contribution in [0.4, 0.5) is 0 Å². The van der Waals surface area contributed by atoms with Gasteiger partial charge in [0.1, 0.15) is 12.3 Å². The molecule has 11 nitrogen and oxygen atoms in total. The molecule has 2 aliphatic heterocycles. The van der Waals surface area contributed by atoms with E-state index in [-0.39, 0.29) is 13.0 Å². The number of hydrogen-bond acceptors (Lipinski definition) is 7. The number of aromatic nitrogens is 2. The van der Waals surface area contributed by atoms with Crippen LogP contribution in [0, 0.1) is 6.92 Å². The fourth-order valence-electron chi connectivity index (χ4n) is 3.00. The van der Waals surface area contributed by atoms with Crippen molar-refractivity contribution in [2.45, 2.75) is 43.7 Å². The Morgan fingerprint density at radius 2 is 2.12 bits per heavy atom. The quantitative estimate of drug-likeness (QED) is 0.470. The van der Waals surface area contributed by atoms with Gasteiger partial charge in [0.2, 0.25) is 0 Å². The lowest BCUT2D eigenvalue weighted by atomic mass is 10.1. The number of nitrogens with one attached hydrogen (secondary N) is 1. The maximum atomic E-state index is 12.0. The van der Waals surface area contributed by atoms with Gasteiger partial charge in [-0.3, -0.25) is 18.9 Å². The van der Waals surface area contributed by atoms with Crippen LogP contribution in [0.25, 0.3) is 0 Å². The van der Waals surface area contributed by atoms with E-state index in [0.29, 0.717) is 5.56 Å². The Kier molecular flexibility index (Phi) is 4.75. The summed E-state index contributed by atoms with van der Waals surface area (Å²) in [6.07, 6.45) is -1.06. The number of aliphatic hydroxyl groups is 1. The molecule has 3 rings (SSSR count). The van der Waals surface area contributed by atoms with Gasteiger partial charge in [-0.1, -0.05) is 0 Å². The summed E-state index contributed by atoms with van der Waals surface area (Å²) >= 11 is 0. The van der Waals surface area contributed by atoms with Crippen LogP contribution in [0.15, 0.2) is 15.8 Å². The number of nitrogens with zero attached hydrogens (tertiary/aromatic N) is 1. The molecule has 2 fully saturated rings. The number of ether oxygens (including phenoxy) is 3. The van der Waals surface area contributed by atoms with Gasteiger partial charge in [-0.25, -0.2) is 4.79 Å². The van der Waals surface area contributed by atoms with Gasteiger partial charge in [0, 0.05) is 31.2 Å². The Balaban J connectivity index is 1.85. The van der Waals surface area contributed by atoms with Gasteiger partial charge in [-0.2, -0.15) is 0 Å². The van der Waals surface area contributed by atoms with Crippen molar-refractivity contribution in [3.05, 3.63) is 32.6 Å². The fraction of sp³-hybridized carbons (Fsp3) is 0.692. The number of aliphatic hydroxyl groups excluding tert-OH is 1. The van der Waals surface area contributed by atoms with Gasteiger partial charge in [0.25, 0.3) is 11.1 Å². The minimum absolute atomic E-state index is 0.132. The van der Waals surface area contributed by atoms with Gasteiger partial charge < -0.3 is 29.1 Å². The van der Waals surface area contributed by atoms with Crippen molar-refractivity contribution in [3.8, 4) is 0 Å². The van der Waals surface area contributed by atoms with Gasteiger partial charge >= 0.3 is 13.3 Å². The molecule has 0 amide bonds. The number of H-pyrrole nitrogens is 1. The number of aryl methyl sites for hydroxylation is 1. The first-order valence-corrected chi connectivity index (χ1v) is 9.24. The van der Waals surface area contributed by atoms with Gasteiger partial charge in [0.15, 0.2) is 0 Å². The molecular formula is C13H19N2O9P. The molecule has 25 heavy (non-hydrogen) atoms. The van der Waals surface area contributed by atoms with Crippen molar-refractivity contribution in [2.75, 3.05) is 13.2 Å². The molecule has 0 bridgehead atoms. The largest absolute Gasteiger partial charge is 0.396 e. The summed E-state index contributed by atoms with van der Waals surface area (Å²) in [5, 5.41) is 9.10. The van der Waals surface area contributed by atoms with Crippen LogP contribution < -0.4 is 11.2 Å². The van der Waals surface area contributed by atoms with Gasteiger partial charge in [0.05, 0.1) is 12.7 Å². The van der Waals surface area contributed by atoms with Crippen molar-refractivity contribution < 1.29 is 33.7 Å². The average Bonchev–Trinajstić information content (AvgIpc) is 2.92. The summed E-state index contributed by atoms with van der Waals surface area (Å²) in [7, 11) is -4.83. The van der Waals surface area contributed by atoms with Crippen molar-refractivity contribution in [1.82, 2.24) is 9.55 Å². The molecule has 3 heterocycles. The zero-order valence-electron chi connectivity index (χ0n) is 13.3. The van der Waals surface area contributed by atoms with Crippen LogP contribution in [-0.2, 0) is 18.8 Å². The van der Waals surface area contributed by atoms with Crippen molar-refractivity contribution in [2.24, 2.45) is 0 Å². The molecule has 0 saturated carbocycles. The molecule has 1 aromatic heterocycles. The van der Waals surface area contributed by atoms with Crippen LogP contribution in [0.2, 0.25) is 0 Å². The minimum Gasteiger partial charge on any atom is -0.396 e. The highest BCUT2D eigenvalue weighted by molar-refractivity contribution is 7.53. The standard InChI is InChI=1S/C13H19N2O9P/c1-7-5-15(12(18)14-11(7)17)10-4-8-9(23-10)6-22-13(24-8,2-3-16)25(19,20)21/h5,8-10,16H,2-4,6H2,1H3,(H,14,17,18)(H2,19,20,21)/t8-,9-,10-,13+/m1/s1.